The fourth-order valence-electron chi connectivity index (χ4n) is 2.76. The molecule has 0 saturated heterocycles. The zero-order chi connectivity index (χ0) is 18.4. The van der Waals surface area contributed by atoms with E-state index in [9.17, 15) is 4.79 Å². The molecule has 134 valence electrons. The Morgan fingerprint density at radius 1 is 0.960 bits per heavy atom. The van der Waals surface area contributed by atoms with Gasteiger partial charge < -0.3 is 14.4 Å². The molecule has 1 amide bonds. The van der Waals surface area contributed by atoms with Crippen molar-refractivity contribution in [3.8, 4) is 22.6 Å². The first-order chi connectivity index (χ1) is 12.1. The van der Waals surface area contributed by atoms with E-state index >= 15 is 0 Å². The van der Waals surface area contributed by atoms with Gasteiger partial charge in [-0.15, -0.1) is 11.8 Å². The molecule has 0 aliphatic rings. The Morgan fingerprint density at radius 2 is 1.52 bits per heavy atom. The molecule has 0 saturated carbocycles. The van der Waals surface area contributed by atoms with Crippen molar-refractivity contribution in [3.63, 3.8) is 0 Å². The molecule has 4 nitrogen and oxygen atoms in total. The number of hydrogen-bond acceptors (Lipinski definition) is 4. The lowest BCUT2D eigenvalue weighted by Crippen LogP contribution is -2.30. The number of thioether (sulfide) groups is 1. The lowest BCUT2D eigenvalue weighted by molar-refractivity contribution is 0.0773. The predicted molar refractivity (Wildman–Crippen MR) is 104 cm³/mol. The van der Waals surface area contributed by atoms with E-state index in [-0.39, 0.29) is 5.91 Å². The quantitative estimate of drug-likeness (QED) is 0.679. The third-order valence-electron chi connectivity index (χ3n) is 4.21. The standard InChI is InChI=1S/C20H25NO3S/c1-6-21(7-2)20(22)18-12-14(23-3)8-10-16(18)17-11-9-15(24-4)13-19(17)25-5/h8-13H,6-7H2,1-5H3. The first-order valence-corrected chi connectivity index (χ1v) is 9.51. The highest BCUT2D eigenvalue weighted by Crippen LogP contribution is 2.36. The number of carbonyl (C=O) groups is 1. The Bertz CT molecular complexity index is 742. The summed E-state index contributed by atoms with van der Waals surface area (Å²) in [5.74, 6) is 1.50. The molecule has 25 heavy (non-hydrogen) atoms. The first kappa shape index (κ1) is 19.2. The molecule has 0 unspecified atom stereocenters. The van der Waals surface area contributed by atoms with Crippen LogP contribution in [-0.2, 0) is 0 Å². The minimum atomic E-state index is 0.0155. The van der Waals surface area contributed by atoms with E-state index in [1.807, 2.05) is 61.4 Å². The van der Waals surface area contributed by atoms with Crippen LogP contribution in [-0.4, -0.2) is 44.4 Å². The van der Waals surface area contributed by atoms with Crippen molar-refractivity contribution in [2.24, 2.45) is 0 Å². The summed E-state index contributed by atoms with van der Waals surface area (Å²) in [7, 11) is 3.27. The van der Waals surface area contributed by atoms with Crippen LogP contribution >= 0.6 is 11.8 Å². The number of ether oxygens (including phenoxy) is 2. The van der Waals surface area contributed by atoms with E-state index in [0.717, 1.165) is 21.8 Å². The summed E-state index contributed by atoms with van der Waals surface area (Å²) in [6.07, 6.45) is 2.02. The van der Waals surface area contributed by atoms with Crippen molar-refractivity contribution in [2.45, 2.75) is 18.7 Å². The number of benzene rings is 2. The average molecular weight is 359 g/mol. The fourth-order valence-corrected chi connectivity index (χ4v) is 3.40. The average Bonchev–Trinajstić information content (AvgIpc) is 2.67. The summed E-state index contributed by atoms with van der Waals surface area (Å²) in [6, 6.07) is 11.6. The van der Waals surface area contributed by atoms with Crippen molar-refractivity contribution < 1.29 is 14.3 Å². The van der Waals surface area contributed by atoms with Gasteiger partial charge in [0.15, 0.2) is 0 Å². The maximum absolute atomic E-state index is 13.0. The molecule has 0 spiro atoms. The van der Waals surface area contributed by atoms with Crippen LogP contribution in [0.25, 0.3) is 11.1 Å². The molecule has 5 heteroatoms. The van der Waals surface area contributed by atoms with Gasteiger partial charge in [0, 0.05) is 18.0 Å². The Kier molecular flexibility index (Phi) is 6.76. The zero-order valence-electron chi connectivity index (χ0n) is 15.5. The molecule has 2 aromatic rings. The lowest BCUT2D eigenvalue weighted by atomic mass is 9.98. The summed E-state index contributed by atoms with van der Waals surface area (Å²) in [4.78, 5) is 15.9. The smallest absolute Gasteiger partial charge is 0.254 e. The van der Waals surface area contributed by atoms with Crippen LogP contribution in [0.3, 0.4) is 0 Å². The maximum Gasteiger partial charge on any atom is 0.254 e. The van der Waals surface area contributed by atoms with E-state index in [1.165, 1.54) is 0 Å². The third kappa shape index (κ3) is 4.10. The van der Waals surface area contributed by atoms with Gasteiger partial charge in [-0.3, -0.25) is 4.79 Å². The second kappa shape index (κ2) is 8.81. The highest BCUT2D eigenvalue weighted by atomic mass is 32.2. The third-order valence-corrected chi connectivity index (χ3v) is 4.98. The van der Waals surface area contributed by atoms with Gasteiger partial charge in [-0.25, -0.2) is 0 Å². The van der Waals surface area contributed by atoms with Crippen molar-refractivity contribution in [3.05, 3.63) is 42.0 Å². The van der Waals surface area contributed by atoms with E-state index in [4.69, 9.17) is 9.47 Å². The van der Waals surface area contributed by atoms with Gasteiger partial charge in [0.2, 0.25) is 0 Å². The maximum atomic E-state index is 13.0. The summed E-state index contributed by atoms with van der Waals surface area (Å²) in [6.45, 7) is 5.32. The van der Waals surface area contributed by atoms with Crippen molar-refractivity contribution in [1.82, 2.24) is 4.90 Å². The molecule has 0 atom stereocenters. The van der Waals surface area contributed by atoms with E-state index in [1.54, 1.807) is 26.0 Å². The number of rotatable bonds is 7. The van der Waals surface area contributed by atoms with Gasteiger partial charge in [0.25, 0.3) is 5.91 Å². The van der Waals surface area contributed by atoms with Crippen LogP contribution < -0.4 is 9.47 Å². The summed E-state index contributed by atoms with van der Waals surface area (Å²) in [5, 5.41) is 0. The largest absolute Gasteiger partial charge is 0.497 e. The first-order valence-electron chi connectivity index (χ1n) is 8.29. The van der Waals surface area contributed by atoms with Gasteiger partial charge in [-0.2, -0.15) is 0 Å². The monoisotopic (exact) mass is 359 g/mol. The highest BCUT2D eigenvalue weighted by molar-refractivity contribution is 7.98. The van der Waals surface area contributed by atoms with Gasteiger partial charge in [0.1, 0.15) is 11.5 Å². The molecule has 0 aliphatic heterocycles. The van der Waals surface area contributed by atoms with E-state index in [2.05, 4.69) is 0 Å². The highest BCUT2D eigenvalue weighted by Gasteiger charge is 2.20. The van der Waals surface area contributed by atoms with Crippen molar-refractivity contribution in [2.75, 3.05) is 33.6 Å². The molecule has 2 rings (SSSR count). The van der Waals surface area contributed by atoms with Gasteiger partial charge in [-0.1, -0.05) is 0 Å². The Hall–Kier alpha value is -2.14. The van der Waals surface area contributed by atoms with Crippen molar-refractivity contribution >= 4 is 17.7 Å². The summed E-state index contributed by atoms with van der Waals surface area (Å²) < 4.78 is 10.7. The second-order valence-corrected chi connectivity index (χ2v) is 6.30. The fraction of sp³-hybridized carbons (Fsp3) is 0.350. The van der Waals surface area contributed by atoms with Crippen LogP contribution in [0.4, 0.5) is 0 Å². The van der Waals surface area contributed by atoms with E-state index < -0.39 is 0 Å². The van der Waals surface area contributed by atoms with Gasteiger partial charge >= 0.3 is 0 Å². The summed E-state index contributed by atoms with van der Waals surface area (Å²) in [5.41, 5.74) is 2.58. The van der Waals surface area contributed by atoms with Crippen molar-refractivity contribution in [1.29, 1.82) is 0 Å². The molecule has 0 aliphatic carbocycles. The number of amides is 1. The molecular formula is C20H25NO3S. The second-order valence-electron chi connectivity index (χ2n) is 5.46. The lowest BCUT2D eigenvalue weighted by Gasteiger charge is -2.21. The van der Waals surface area contributed by atoms with Crippen LogP contribution in [0.5, 0.6) is 11.5 Å². The van der Waals surface area contributed by atoms with Crippen LogP contribution in [0.1, 0.15) is 24.2 Å². The Labute approximate surface area is 154 Å². The molecule has 0 radical (unpaired) electrons. The molecular weight excluding hydrogens is 334 g/mol. The molecule has 2 aromatic carbocycles. The van der Waals surface area contributed by atoms with Crippen LogP contribution in [0.15, 0.2) is 41.3 Å². The molecule has 0 bridgehead atoms. The van der Waals surface area contributed by atoms with E-state index in [0.29, 0.717) is 24.4 Å². The minimum absolute atomic E-state index is 0.0155. The SMILES string of the molecule is CCN(CC)C(=O)c1cc(OC)ccc1-c1ccc(OC)cc1SC. The molecule has 0 fully saturated rings. The van der Waals surface area contributed by atoms with Crippen LogP contribution in [0, 0.1) is 0 Å². The normalized spacial score (nSPS) is 10.4. The Balaban J connectivity index is 2.63. The molecule has 0 aromatic heterocycles. The number of methoxy groups -OCH3 is 2. The number of nitrogens with zero attached hydrogens (tertiary/aromatic N) is 1. The predicted octanol–water partition coefficient (Wildman–Crippen LogP) is 4.57. The Morgan fingerprint density at radius 3 is 2.04 bits per heavy atom. The molecule has 0 heterocycles. The van der Waals surface area contributed by atoms with Gasteiger partial charge in [0.05, 0.1) is 19.8 Å². The summed E-state index contributed by atoms with van der Waals surface area (Å²) >= 11 is 1.63. The van der Waals surface area contributed by atoms with Crippen LogP contribution in [0.2, 0.25) is 0 Å². The van der Waals surface area contributed by atoms with Gasteiger partial charge in [-0.05, 0) is 67.6 Å². The molecule has 0 N–H and O–H groups in total. The minimum Gasteiger partial charge on any atom is -0.497 e. The number of hydrogen-bond donors (Lipinski definition) is 0. The topological polar surface area (TPSA) is 38.8 Å². The zero-order valence-corrected chi connectivity index (χ0v) is 16.3. The number of carbonyl (C=O) groups excluding carboxylic acids is 1.